The highest BCUT2D eigenvalue weighted by Crippen LogP contribution is 2.36. The molecule has 0 nitrogen and oxygen atoms in total. The van der Waals surface area contributed by atoms with E-state index >= 15 is 0 Å². The van der Waals surface area contributed by atoms with Crippen molar-refractivity contribution in [3.63, 3.8) is 0 Å². The van der Waals surface area contributed by atoms with Crippen molar-refractivity contribution in [2.75, 3.05) is 0 Å². The summed E-state index contributed by atoms with van der Waals surface area (Å²) in [5.74, 6) is 0. The van der Waals surface area contributed by atoms with E-state index in [2.05, 4.69) is 0 Å². The summed E-state index contributed by atoms with van der Waals surface area (Å²) in [6.07, 6.45) is -1.63. The second-order valence-corrected chi connectivity index (χ2v) is 3.06. The number of hydrogen-bond donors (Lipinski definition) is 0. The van der Waals surface area contributed by atoms with Gasteiger partial charge in [0.1, 0.15) is 0 Å². The summed E-state index contributed by atoms with van der Waals surface area (Å²) in [5.41, 5.74) is 0.796. The van der Waals surface area contributed by atoms with Crippen LogP contribution in [0, 0.1) is 0 Å². The SMILES string of the molecule is CC1=C(C)C(C(F)(F)F)=CCC1. The summed E-state index contributed by atoms with van der Waals surface area (Å²) in [5, 5.41) is 0. The molecule has 0 radical (unpaired) electrons. The zero-order valence-corrected chi connectivity index (χ0v) is 7.13. The van der Waals surface area contributed by atoms with Crippen molar-refractivity contribution in [2.24, 2.45) is 0 Å². The predicted molar refractivity (Wildman–Crippen MR) is 41.7 cm³/mol. The summed E-state index contributed by atoms with van der Waals surface area (Å²) in [6.45, 7) is 3.29. The van der Waals surface area contributed by atoms with Crippen molar-refractivity contribution in [3.05, 3.63) is 22.8 Å². The summed E-state index contributed by atoms with van der Waals surface area (Å²) in [6, 6.07) is 0. The molecule has 0 amide bonds. The number of rotatable bonds is 0. The van der Waals surface area contributed by atoms with Crippen LogP contribution in [-0.4, -0.2) is 6.18 Å². The monoisotopic (exact) mass is 176 g/mol. The normalized spacial score (nSPS) is 19.6. The molecule has 1 aliphatic rings. The van der Waals surface area contributed by atoms with Crippen molar-refractivity contribution < 1.29 is 13.2 Å². The second-order valence-electron chi connectivity index (χ2n) is 3.06. The van der Waals surface area contributed by atoms with E-state index in [9.17, 15) is 13.2 Å². The standard InChI is InChI=1S/C9H11F3/c1-6-4-3-5-8(7(6)2)9(10,11)12/h5H,3-4H2,1-2H3. The zero-order chi connectivity index (χ0) is 9.35. The number of hydrogen-bond acceptors (Lipinski definition) is 0. The summed E-state index contributed by atoms with van der Waals surface area (Å²) >= 11 is 0. The molecule has 0 fully saturated rings. The highest BCUT2D eigenvalue weighted by molar-refractivity contribution is 5.39. The molecule has 0 heterocycles. The molecular formula is C9H11F3. The molecule has 0 saturated heterocycles. The van der Waals surface area contributed by atoms with Crippen LogP contribution >= 0.6 is 0 Å². The predicted octanol–water partition coefficient (Wildman–Crippen LogP) is 3.61. The summed E-state index contributed by atoms with van der Waals surface area (Å²) in [7, 11) is 0. The molecule has 0 aromatic carbocycles. The fourth-order valence-corrected chi connectivity index (χ4v) is 1.33. The number of halogens is 3. The van der Waals surface area contributed by atoms with Crippen LogP contribution in [0.1, 0.15) is 26.7 Å². The second kappa shape index (κ2) is 2.96. The van der Waals surface area contributed by atoms with Crippen molar-refractivity contribution in [1.82, 2.24) is 0 Å². The Kier molecular flexibility index (Phi) is 2.31. The van der Waals surface area contributed by atoms with Crippen LogP contribution < -0.4 is 0 Å². The van der Waals surface area contributed by atoms with Gasteiger partial charge in [-0.1, -0.05) is 11.6 Å². The molecule has 0 spiro atoms. The topological polar surface area (TPSA) is 0 Å². The van der Waals surface area contributed by atoms with Crippen molar-refractivity contribution in [3.8, 4) is 0 Å². The molecule has 68 valence electrons. The van der Waals surface area contributed by atoms with Gasteiger partial charge < -0.3 is 0 Å². The lowest BCUT2D eigenvalue weighted by Crippen LogP contribution is -2.15. The third kappa shape index (κ3) is 1.71. The molecular weight excluding hydrogens is 165 g/mol. The third-order valence-electron chi connectivity index (χ3n) is 2.22. The van der Waals surface area contributed by atoms with Gasteiger partial charge in [0, 0.05) is 0 Å². The lowest BCUT2D eigenvalue weighted by molar-refractivity contribution is -0.0898. The van der Waals surface area contributed by atoms with Gasteiger partial charge in [0.15, 0.2) is 0 Å². The Labute approximate surface area is 69.8 Å². The lowest BCUT2D eigenvalue weighted by Gasteiger charge is -2.18. The Hall–Kier alpha value is -0.730. The maximum absolute atomic E-state index is 12.3. The van der Waals surface area contributed by atoms with Gasteiger partial charge >= 0.3 is 6.18 Å². The average Bonchev–Trinajstić information content (AvgIpc) is 1.92. The first-order valence-corrected chi connectivity index (χ1v) is 3.87. The van der Waals surface area contributed by atoms with E-state index in [1.807, 2.05) is 0 Å². The fraction of sp³-hybridized carbons (Fsp3) is 0.556. The minimum atomic E-state index is -4.17. The van der Waals surface area contributed by atoms with E-state index in [4.69, 9.17) is 0 Å². The van der Waals surface area contributed by atoms with Gasteiger partial charge in [0.2, 0.25) is 0 Å². The first-order chi connectivity index (χ1) is 5.43. The van der Waals surface area contributed by atoms with Gasteiger partial charge in [0.25, 0.3) is 0 Å². The fourth-order valence-electron chi connectivity index (χ4n) is 1.33. The van der Waals surface area contributed by atoms with E-state index in [1.54, 1.807) is 6.92 Å². The van der Waals surface area contributed by atoms with Crippen molar-refractivity contribution in [1.29, 1.82) is 0 Å². The molecule has 1 aliphatic carbocycles. The van der Waals surface area contributed by atoms with Gasteiger partial charge in [-0.15, -0.1) is 0 Å². The Bertz CT molecular complexity index is 243. The molecule has 0 atom stereocenters. The number of allylic oxidation sites excluding steroid dienone is 4. The van der Waals surface area contributed by atoms with E-state index < -0.39 is 11.7 Å². The average molecular weight is 176 g/mol. The van der Waals surface area contributed by atoms with Crippen LogP contribution in [0.2, 0.25) is 0 Å². The first-order valence-electron chi connectivity index (χ1n) is 3.87. The van der Waals surface area contributed by atoms with E-state index in [0.717, 1.165) is 12.0 Å². The quantitative estimate of drug-likeness (QED) is 0.529. The third-order valence-corrected chi connectivity index (χ3v) is 2.22. The highest BCUT2D eigenvalue weighted by atomic mass is 19.4. The molecule has 0 aromatic heterocycles. The Morgan fingerprint density at radius 2 is 1.83 bits per heavy atom. The van der Waals surface area contributed by atoms with Crippen molar-refractivity contribution >= 4 is 0 Å². The van der Waals surface area contributed by atoms with Gasteiger partial charge in [-0.3, -0.25) is 0 Å². The smallest absolute Gasteiger partial charge is 0.166 e. The minimum absolute atomic E-state index is 0.397. The molecule has 0 N–H and O–H groups in total. The molecule has 0 aliphatic heterocycles. The van der Waals surface area contributed by atoms with Crippen LogP contribution in [0.3, 0.4) is 0 Å². The van der Waals surface area contributed by atoms with Crippen LogP contribution in [0.25, 0.3) is 0 Å². The Morgan fingerprint density at radius 1 is 1.25 bits per heavy atom. The van der Waals surface area contributed by atoms with Crippen LogP contribution in [-0.2, 0) is 0 Å². The van der Waals surface area contributed by atoms with Gasteiger partial charge in [0.05, 0.1) is 5.57 Å². The van der Waals surface area contributed by atoms with Crippen LogP contribution in [0.5, 0.6) is 0 Å². The van der Waals surface area contributed by atoms with Gasteiger partial charge in [-0.25, -0.2) is 0 Å². The van der Waals surface area contributed by atoms with Crippen LogP contribution in [0.4, 0.5) is 13.2 Å². The van der Waals surface area contributed by atoms with Gasteiger partial charge in [-0.05, 0) is 32.3 Å². The maximum atomic E-state index is 12.3. The van der Waals surface area contributed by atoms with Gasteiger partial charge in [-0.2, -0.15) is 13.2 Å². The van der Waals surface area contributed by atoms with E-state index in [1.165, 1.54) is 13.0 Å². The van der Waals surface area contributed by atoms with E-state index in [-0.39, 0.29) is 0 Å². The first kappa shape index (κ1) is 9.36. The summed E-state index contributed by atoms with van der Waals surface area (Å²) < 4.78 is 36.8. The lowest BCUT2D eigenvalue weighted by atomic mass is 9.93. The molecule has 0 aromatic rings. The Balaban J connectivity index is 3.00. The molecule has 0 bridgehead atoms. The molecule has 0 unspecified atom stereocenters. The summed E-state index contributed by atoms with van der Waals surface area (Å²) in [4.78, 5) is 0. The van der Waals surface area contributed by atoms with Crippen molar-refractivity contribution in [2.45, 2.75) is 32.9 Å². The number of alkyl halides is 3. The maximum Gasteiger partial charge on any atom is 0.416 e. The van der Waals surface area contributed by atoms with E-state index in [0.29, 0.717) is 12.0 Å². The molecule has 0 saturated carbocycles. The molecule has 1 rings (SSSR count). The minimum Gasteiger partial charge on any atom is -0.166 e. The Morgan fingerprint density at radius 3 is 2.25 bits per heavy atom. The molecule has 3 heteroatoms. The molecule has 12 heavy (non-hydrogen) atoms. The zero-order valence-electron chi connectivity index (χ0n) is 7.13. The van der Waals surface area contributed by atoms with Crippen LogP contribution in [0.15, 0.2) is 22.8 Å². The highest BCUT2D eigenvalue weighted by Gasteiger charge is 2.35. The largest absolute Gasteiger partial charge is 0.416 e.